The molecule has 0 saturated carbocycles. The Morgan fingerprint density at radius 3 is 2.75 bits per heavy atom. The topological polar surface area (TPSA) is 82.8 Å². The van der Waals surface area contributed by atoms with Crippen LogP contribution in [0.2, 0.25) is 0 Å². The maximum atomic E-state index is 13.9. The average molecular weight is 363 g/mol. The van der Waals surface area contributed by atoms with Crippen molar-refractivity contribution in [2.24, 2.45) is 11.7 Å². The first-order valence-corrected chi connectivity index (χ1v) is 7.67. The third kappa shape index (κ3) is 5.90. The molecule has 1 fully saturated rings. The summed E-state index contributed by atoms with van der Waals surface area (Å²) in [7, 11) is 1.54. The summed E-state index contributed by atoms with van der Waals surface area (Å²) in [4.78, 5) is 12.2. The summed E-state index contributed by atoms with van der Waals surface area (Å²) in [5.74, 6) is -0.651. The number of benzene rings is 1. The van der Waals surface area contributed by atoms with Crippen molar-refractivity contribution in [2.45, 2.75) is 18.9 Å². The summed E-state index contributed by atoms with van der Waals surface area (Å²) < 4.78 is 29.2. The van der Waals surface area contributed by atoms with Gasteiger partial charge in [0.15, 0.2) is 11.6 Å². The van der Waals surface area contributed by atoms with Crippen LogP contribution in [0.25, 0.3) is 0 Å². The van der Waals surface area contributed by atoms with Crippen LogP contribution in [0.5, 0.6) is 5.75 Å². The lowest BCUT2D eigenvalue weighted by molar-refractivity contribution is -0.119. The third-order valence-electron chi connectivity index (χ3n) is 3.82. The van der Waals surface area contributed by atoms with Crippen LogP contribution in [0.4, 0.5) is 10.1 Å². The van der Waals surface area contributed by atoms with Crippen molar-refractivity contribution in [1.29, 1.82) is 0 Å². The second kappa shape index (κ2) is 10.5. The van der Waals surface area contributed by atoms with Crippen LogP contribution in [0.15, 0.2) is 18.2 Å². The SMILES string of the molecule is COCCOc1ccc(NC(=O)C(N)C2CCOCC2)cc1F.Cl. The number of nitrogens with one attached hydrogen (secondary N) is 1. The molecule has 0 radical (unpaired) electrons. The zero-order chi connectivity index (χ0) is 16.7. The van der Waals surface area contributed by atoms with Crippen molar-refractivity contribution in [3.8, 4) is 5.75 Å². The number of amides is 1. The Bertz CT molecular complexity index is 527. The molecule has 1 unspecified atom stereocenters. The molecule has 0 aliphatic carbocycles. The number of carbonyl (C=O) groups is 1. The van der Waals surface area contributed by atoms with E-state index < -0.39 is 11.9 Å². The van der Waals surface area contributed by atoms with Gasteiger partial charge in [-0.25, -0.2) is 4.39 Å². The fourth-order valence-corrected chi connectivity index (χ4v) is 2.45. The zero-order valence-corrected chi connectivity index (χ0v) is 14.4. The van der Waals surface area contributed by atoms with Crippen molar-refractivity contribution in [2.75, 3.05) is 38.9 Å². The molecule has 8 heteroatoms. The number of methoxy groups -OCH3 is 1. The quantitative estimate of drug-likeness (QED) is 0.724. The summed E-state index contributed by atoms with van der Waals surface area (Å²) >= 11 is 0. The van der Waals surface area contributed by atoms with Crippen LogP contribution >= 0.6 is 12.4 Å². The Kier molecular flexibility index (Phi) is 8.99. The summed E-state index contributed by atoms with van der Waals surface area (Å²) in [6, 6.07) is 3.65. The van der Waals surface area contributed by atoms with E-state index in [9.17, 15) is 9.18 Å². The molecular weight excluding hydrogens is 339 g/mol. The molecule has 24 heavy (non-hydrogen) atoms. The number of carbonyl (C=O) groups excluding carboxylic acids is 1. The first-order valence-electron chi connectivity index (χ1n) is 7.67. The van der Waals surface area contributed by atoms with Gasteiger partial charge in [0.1, 0.15) is 6.61 Å². The average Bonchev–Trinajstić information content (AvgIpc) is 2.57. The van der Waals surface area contributed by atoms with Crippen molar-refractivity contribution >= 4 is 24.0 Å². The fourth-order valence-electron chi connectivity index (χ4n) is 2.45. The molecule has 0 bridgehead atoms. The minimum absolute atomic E-state index is 0. The van der Waals surface area contributed by atoms with Crippen LogP contribution in [0.3, 0.4) is 0 Å². The highest BCUT2D eigenvalue weighted by Gasteiger charge is 2.26. The number of rotatable bonds is 7. The maximum Gasteiger partial charge on any atom is 0.241 e. The van der Waals surface area contributed by atoms with E-state index in [1.165, 1.54) is 12.1 Å². The van der Waals surface area contributed by atoms with E-state index in [0.29, 0.717) is 25.5 Å². The standard InChI is InChI=1S/C16H23FN2O4.ClH/c1-21-8-9-23-14-3-2-12(10-13(14)17)19-16(20)15(18)11-4-6-22-7-5-11;/h2-3,10-11,15H,4-9,18H2,1H3,(H,19,20);1H. The fraction of sp³-hybridized carbons (Fsp3) is 0.562. The number of anilines is 1. The normalized spacial score (nSPS) is 16.1. The molecule has 1 aromatic rings. The number of hydrogen-bond acceptors (Lipinski definition) is 5. The molecule has 6 nitrogen and oxygen atoms in total. The highest BCUT2D eigenvalue weighted by Crippen LogP contribution is 2.23. The van der Waals surface area contributed by atoms with Crippen molar-refractivity contribution in [3.63, 3.8) is 0 Å². The molecule has 1 aliphatic heterocycles. The lowest BCUT2D eigenvalue weighted by atomic mass is 9.92. The smallest absolute Gasteiger partial charge is 0.241 e. The van der Waals surface area contributed by atoms with E-state index >= 15 is 0 Å². The van der Waals surface area contributed by atoms with Crippen LogP contribution in [-0.4, -0.2) is 45.5 Å². The second-order valence-corrected chi connectivity index (χ2v) is 5.45. The van der Waals surface area contributed by atoms with Gasteiger partial charge in [-0.15, -0.1) is 12.4 Å². The molecule has 1 amide bonds. The first kappa shape index (κ1) is 20.6. The predicted octanol–water partition coefficient (Wildman–Crippen LogP) is 1.97. The van der Waals surface area contributed by atoms with Gasteiger partial charge in [-0.2, -0.15) is 0 Å². The maximum absolute atomic E-state index is 13.9. The van der Waals surface area contributed by atoms with Gasteiger partial charge >= 0.3 is 0 Å². The van der Waals surface area contributed by atoms with Gasteiger partial charge in [-0.05, 0) is 30.9 Å². The minimum atomic E-state index is -0.625. The molecule has 0 spiro atoms. The summed E-state index contributed by atoms with van der Waals surface area (Å²) in [5.41, 5.74) is 6.34. The monoisotopic (exact) mass is 362 g/mol. The van der Waals surface area contributed by atoms with Crippen LogP contribution < -0.4 is 15.8 Å². The highest BCUT2D eigenvalue weighted by atomic mass is 35.5. The van der Waals surface area contributed by atoms with E-state index in [0.717, 1.165) is 12.8 Å². The number of halogens is 2. The first-order chi connectivity index (χ1) is 11.1. The summed E-state index contributed by atoms with van der Waals surface area (Å²) in [6.07, 6.45) is 1.52. The number of ether oxygens (including phenoxy) is 3. The highest BCUT2D eigenvalue weighted by molar-refractivity contribution is 5.94. The molecule has 136 valence electrons. The van der Waals surface area contributed by atoms with Gasteiger partial charge < -0.3 is 25.3 Å². The van der Waals surface area contributed by atoms with Gasteiger partial charge in [0, 0.05) is 32.1 Å². The Morgan fingerprint density at radius 1 is 1.42 bits per heavy atom. The van der Waals surface area contributed by atoms with Crippen molar-refractivity contribution < 1.29 is 23.4 Å². The molecule has 0 aromatic heterocycles. The second-order valence-electron chi connectivity index (χ2n) is 5.45. The molecule has 1 aromatic carbocycles. The Labute approximate surface area is 147 Å². The van der Waals surface area contributed by atoms with E-state index in [-0.39, 0.29) is 36.6 Å². The molecule has 1 aliphatic rings. The molecular formula is C16H24ClFN2O4. The number of nitrogens with two attached hydrogens (primary N) is 1. The predicted molar refractivity (Wildman–Crippen MR) is 91.2 cm³/mol. The lowest BCUT2D eigenvalue weighted by Crippen LogP contribution is -2.44. The molecule has 1 heterocycles. The van der Waals surface area contributed by atoms with Gasteiger partial charge in [-0.3, -0.25) is 4.79 Å². The van der Waals surface area contributed by atoms with Gasteiger partial charge in [0.05, 0.1) is 12.6 Å². The number of hydrogen-bond donors (Lipinski definition) is 2. The van der Waals surface area contributed by atoms with Crippen LogP contribution in [0.1, 0.15) is 12.8 Å². The zero-order valence-electron chi connectivity index (χ0n) is 13.6. The van der Waals surface area contributed by atoms with E-state index in [1.807, 2.05) is 0 Å². The molecule has 2 rings (SSSR count). The molecule has 1 atom stereocenters. The lowest BCUT2D eigenvalue weighted by Gasteiger charge is -2.26. The van der Waals surface area contributed by atoms with Crippen molar-refractivity contribution in [1.82, 2.24) is 0 Å². The van der Waals surface area contributed by atoms with E-state index in [4.69, 9.17) is 19.9 Å². The summed E-state index contributed by atoms with van der Waals surface area (Å²) in [5, 5.41) is 2.65. The third-order valence-corrected chi connectivity index (χ3v) is 3.82. The van der Waals surface area contributed by atoms with Crippen LogP contribution in [0, 0.1) is 11.7 Å². The summed E-state index contributed by atoms with van der Waals surface area (Å²) in [6.45, 7) is 1.87. The molecule has 3 N–H and O–H groups in total. The van der Waals surface area contributed by atoms with Crippen molar-refractivity contribution in [3.05, 3.63) is 24.0 Å². The van der Waals surface area contributed by atoms with E-state index in [2.05, 4.69) is 5.32 Å². The van der Waals surface area contributed by atoms with Gasteiger partial charge in [0.2, 0.25) is 5.91 Å². The van der Waals surface area contributed by atoms with Gasteiger partial charge in [0.25, 0.3) is 0 Å². The minimum Gasteiger partial charge on any atom is -0.488 e. The Hall–Kier alpha value is -1.41. The largest absolute Gasteiger partial charge is 0.488 e. The molecule has 1 saturated heterocycles. The Morgan fingerprint density at radius 2 is 2.12 bits per heavy atom. The Balaban J connectivity index is 0.00000288. The van der Waals surface area contributed by atoms with E-state index in [1.54, 1.807) is 13.2 Å². The van der Waals surface area contributed by atoms with Gasteiger partial charge in [-0.1, -0.05) is 0 Å². The van der Waals surface area contributed by atoms with Crippen LogP contribution in [-0.2, 0) is 14.3 Å².